The standard InChI is InChI=1S/C11H16N2O2/c1-7-10(11(14)15-3)8(2)13(12-7)6-9-4-5-9/h9H,4-6H2,1-3H3. The molecule has 4 nitrogen and oxygen atoms in total. The molecule has 1 aromatic heterocycles. The summed E-state index contributed by atoms with van der Waals surface area (Å²) in [6.45, 7) is 4.71. The molecule has 0 unspecified atom stereocenters. The summed E-state index contributed by atoms with van der Waals surface area (Å²) in [5.74, 6) is 0.473. The van der Waals surface area contributed by atoms with Gasteiger partial charge in [0, 0.05) is 6.54 Å². The highest BCUT2D eigenvalue weighted by Gasteiger charge is 2.25. The lowest BCUT2D eigenvalue weighted by Crippen LogP contribution is -2.07. The molecule has 0 spiro atoms. The van der Waals surface area contributed by atoms with Crippen LogP contribution in [0.15, 0.2) is 0 Å². The minimum Gasteiger partial charge on any atom is -0.465 e. The average molecular weight is 208 g/mol. The van der Waals surface area contributed by atoms with E-state index >= 15 is 0 Å². The van der Waals surface area contributed by atoms with E-state index in [0.717, 1.165) is 23.9 Å². The van der Waals surface area contributed by atoms with Crippen molar-refractivity contribution in [1.82, 2.24) is 9.78 Å². The Kier molecular flexibility index (Phi) is 2.50. The van der Waals surface area contributed by atoms with Crippen molar-refractivity contribution in [2.75, 3.05) is 7.11 Å². The Labute approximate surface area is 89.2 Å². The van der Waals surface area contributed by atoms with Crippen molar-refractivity contribution in [3.05, 3.63) is 17.0 Å². The highest BCUT2D eigenvalue weighted by molar-refractivity contribution is 5.91. The normalized spacial score (nSPS) is 15.4. The Hall–Kier alpha value is -1.32. The summed E-state index contributed by atoms with van der Waals surface area (Å²) in [6.07, 6.45) is 2.57. The van der Waals surface area contributed by atoms with Gasteiger partial charge in [0.2, 0.25) is 0 Å². The van der Waals surface area contributed by atoms with Crippen LogP contribution < -0.4 is 0 Å². The molecule has 1 aliphatic carbocycles. The molecule has 1 aromatic rings. The number of hydrogen-bond donors (Lipinski definition) is 0. The summed E-state index contributed by atoms with van der Waals surface area (Å²) in [7, 11) is 1.40. The Morgan fingerprint density at radius 2 is 2.20 bits per heavy atom. The zero-order chi connectivity index (χ0) is 11.0. The predicted octanol–water partition coefficient (Wildman–Crippen LogP) is 1.70. The van der Waals surface area contributed by atoms with Crippen LogP contribution in [0, 0.1) is 19.8 Å². The van der Waals surface area contributed by atoms with Gasteiger partial charge in [0.05, 0.1) is 18.5 Å². The molecule has 0 saturated heterocycles. The fourth-order valence-electron chi connectivity index (χ4n) is 1.82. The van der Waals surface area contributed by atoms with Gasteiger partial charge >= 0.3 is 5.97 Å². The van der Waals surface area contributed by atoms with Crippen molar-refractivity contribution in [3.8, 4) is 0 Å². The van der Waals surface area contributed by atoms with E-state index in [-0.39, 0.29) is 5.97 Å². The van der Waals surface area contributed by atoms with E-state index in [0.29, 0.717) is 5.56 Å². The van der Waals surface area contributed by atoms with E-state index < -0.39 is 0 Å². The van der Waals surface area contributed by atoms with Crippen molar-refractivity contribution in [2.24, 2.45) is 5.92 Å². The zero-order valence-electron chi connectivity index (χ0n) is 9.41. The van der Waals surface area contributed by atoms with Crippen molar-refractivity contribution < 1.29 is 9.53 Å². The average Bonchev–Trinajstić information content (AvgIpc) is 2.95. The molecule has 1 saturated carbocycles. The van der Waals surface area contributed by atoms with Gasteiger partial charge in [0.15, 0.2) is 0 Å². The molecule has 0 aromatic carbocycles. The van der Waals surface area contributed by atoms with E-state index in [1.807, 2.05) is 18.5 Å². The number of esters is 1. The lowest BCUT2D eigenvalue weighted by atomic mass is 10.2. The maximum Gasteiger partial charge on any atom is 0.341 e. The van der Waals surface area contributed by atoms with Crippen LogP contribution in [-0.2, 0) is 11.3 Å². The van der Waals surface area contributed by atoms with Crippen molar-refractivity contribution in [3.63, 3.8) is 0 Å². The van der Waals surface area contributed by atoms with E-state index in [1.54, 1.807) is 0 Å². The van der Waals surface area contributed by atoms with Gasteiger partial charge in [-0.25, -0.2) is 4.79 Å². The lowest BCUT2D eigenvalue weighted by Gasteiger charge is -2.02. The van der Waals surface area contributed by atoms with Crippen LogP contribution in [0.25, 0.3) is 0 Å². The van der Waals surface area contributed by atoms with E-state index in [2.05, 4.69) is 5.10 Å². The van der Waals surface area contributed by atoms with Crippen molar-refractivity contribution in [2.45, 2.75) is 33.2 Å². The molecule has 1 heterocycles. The van der Waals surface area contributed by atoms with Crippen molar-refractivity contribution >= 4 is 5.97 Å². The molecular weight excluding hydrogens is 192 g/mol. The Balaban J connectivity index is 2.29. The molecule has 1 fully saturated rings. The largest absolute Gasteiger partial charge is 0.465 e. The first-order valence-corrected chi connectivity index (χ1v) is 5.25. The fraction of sp³-hybridized carbons (Fsp3) is 0.636. The van der Waals surface area contributed by atoms with E-state index in [9.17, 15) is 4.79 Å². The number of nitrogens with zero attached hydrogens (tertiary/aromatic N) is 2. The highest BCUT2D eigenvalue weighted by atomic mass is 16.5. The molecule has 0 radical (unpaired) electrons. The summed E-state index contributed by atoms with van der Waals surface area (Å²) in [4.78, 5) is 11.5. The third-order valence-electron chi connectivity index (χ3n) is 2.90. The number of rotatable bonds is 3. The first kappa shape index (κ1) is 10.2. The molecule has 0 aliphatic heterocycles. The van der Waals surface area contributed by atoms with Gasteiger partial charge in [-0.1, -0.05) is 0 Å². The number of methoxy groups -OCH3 is 1. The zero-order valence-corrected chi connectivity index (χ0v) is 9.41. The number of hydrogen-bond acceptors (Lipinski definition) is 3. The number of aryl methyl sites for hydroxylation is 1. The minimum absolute atomic E-state index is 0.285. The summed E-state index contributed by atoms with van der Waals surface area (Å²) >= 11 is 0. The van der Waals surface area contributed by atoms with Gasteiger partial charge in [-0.3, -0.25) is 4.68 Å². The third kappa shape index (κ3) is 1.89. The quantitative estimate of drug-likeness (QED) is 0.710. The number of carbonyl (C=O) groups excluding carboxylic acids is 1. The lowest BCUT2D eigenvalue weighted by molar-refractivity contribution is 0.0599. The van der Waals surface area contributed by atoms with Crippen LogP contribution in [0.5, 0.6) is 0 Å². The van der Waals surface area contributed by atoms with Gasteiger partial charge in [0.25, 0.3) is 0 Å². The summed E-state index contributed by atoms with van der Waals surface area (Å²) < 4.78 is 6.67. The van der Waals surface area contributed by atoms with Gasteiger partial charge in [-0.15, -0.1) is 0 Å². The number of carbonyl (C=O) groups is 1. The fourth-order valence-corrected chi connectivity index (χ4v) is 1.82. The van der Waals surface area contributed by atoms with Crippen LogP contribution in [-0.4, -0.2) is 22.9 Å². The molecular formula is C11H16N2O2. The number of aromatic nitrogens is 2. The smallest absolute Gasteiger partial charge is 0.341 e. The second kappa shape index (κ2) is 3.68. The van der Waals surface area contributed by atoms with Crippen LogP contribution in [0.1, 0.15) is 34.6 Å². The first-order chi connectivity index (χ1) is 7.13. The molecule has 15 heavy (non-hydrogen) atoms. The molecule has 4 heteroatoms. The highest BCUT2D eigenvalue weighted by Crippen LogP contribution is 2.31. The van der Waals surface area contributed by atoms with Gasteiger partial charge in [-0.05, 0) is 32.6 Å². The monoisotopic (exact) mass is 208 g/mol. The Morgan fingerprint density at radius 1 is 1.53 bits per heavy atom. The molecule has 2 rings (SSSR count). The van der Waals surface area contributed by atoms with Crippen LogP contribution in [0.2, 0.25) is 0 Å². The topological polar surface area (TPSA) is 44.1 Å². The molecule has 0 bridgehead atoms. The van der Waals surface area contributed by atoms with Gasteiger partial charge in [-0.2, -0.15) is 5.10 Å². The summed E-state index contributed by atoms with van der Waals surface area (Å²) in [5, 5.41) is 4.38. The molecule has 0 N–H and O–H groups in total. The summed E-state index contributed by atoms with van der Waals surface area (Å²) in [6, 6.07) is 0. The Morgan fingerprint density at radius 3 is 2.73 bits per heavy atom. The minimum atomic E-state index is -0.285. The van der Waals surface area contributed by atoms with Crippen molar-refractivity contribution in [1.29, 1.82) is 0 Å². The predicted molar refractivity (Wildman–Crippen MR) is 55.8 cm³/mol. The third-order valence-corrected chi connectivity index (χ3v) is 2.90. The molecule has 0 atom stereocenters. The maximum absolute atomic E-state index is 11.5. The molecule has 1 aliphatic rings. The van der Waals surface area contributed by atoms with Crippen LogP contribution in [0.3, 0.4) is 0 Å². The van der Waals surface area contributed by atoms with Gasteiger partial charge < -0.3 is 4.74 Å². The molecule has 82 valence electrons. The van der Waals surface area contributed by atoms with Gasteiger partial charge in [0.1, 0.15) is 5.56 Å². The number of ether oxygens (including phenoxy) is 1. The molecule has 0 amide bonds. The SMILES string of the molecule is COC(=O)c1c(C)nn(CC2CC2)c1C. The van der Waals surface area contributed by atoms with E-state index in [4.69, 9.17) is 4.74 Å². The second-order valence-corrected chi connectivity index (χ2v) is 4.16. The maximum atomic E-state index is 11.5. The van der Waals surface area contributed by atoms with Crippen LogP contribution in [0.4, 0.5) is 0 Å². The second-order valence-electron chi connectivity index (χ2n) is 4.16. The Bertz CT molecular complexity index is 392. The first-order valence-electron chi connectivity index (χ1n) is 5.25. The van der Waals surface area contributed by atoms with E-state index in [1.165, 1.54) is 20.0 Å². The van der Waals surface area contributed by atoms with Crippen LogP contribution >= 0.6 is 0 Å². The summed E-state index contributed by atoms with van der Waals surface area (Å²) in [5.41, 5.74) is 2.31.